The van der Waals surface area contributed by atoms with E-state index in [4.69, 9.17) is 0 Å². The van der Waals surface area contributed by atoms with Crippen LogP contribution in [0.4, 0.5) is 0 Å². The Bertz CT molecular complexity index is 127. The summed E-state index contributed by atoms with van der Waals surface area (Å²) in [4.78, 5) is 9.68. The Labute approximate surface area is 47.8 Å². The van der Waals surface area contributed by atoms with Crippen LogP contribution in [0.25, 0.3) is 0 Å². The molecular formula is C2H3O4Sb. The van der Waals surface area contributed by atoms with Gasteiger partial charge in [0.1, 0.15) is 0 Å². The average Bonchev–Trinajstić information content (AvgIpc) is 1.27. The molecule has 0 aromatic rings. The molecule has 0 fully saturated rings. The topological polar surface area (TPSA) is 60.4 Å². The van der Waals surface area contributed by atoms with E-state index in [1.165, 1.54) is 0 Å². The van der Waals surface area contributed by atoms with Gasteiger partial charge in [0.2, 0.25) is 0 Å². The molecule has 7 heavy (non-hydrogen) atoms. The molecule has 0 unspecified atom stereocenters. The van der Waals surface area contributed by atoms with Gasteiger partial charge in [-0.25, -0.2) is 0 Å². The van der Waals surface area contributed by atoms with Crippen molar-refractivity contribution < 1.29 is 13.8 Å². The summed E-state index contributed by atoms with van der Waals surface area (Å²) in [5.74, 6) is -0.756. The van der Waals surface area contributed by atoms with Gasteiger partial charge in [-0.2, -0.15) is 0 Å². The fraction of sp³-hybridized carbons (Fsp3) is 0.500. The monoisotopic (exact) mass is 212 g/mol. The predicted octanol–water partition coefficient (Wildman–Crippen LogP) is -0.605. The van der Waals surface area contributed by atoms with E-state index in [1.807, 2.05) is 0 Å². The summed E-state index contributed by atoms with van der Waals surface area (Å²) >= 11 is -3.93. The molecule has 0 amide bonds. The molecule has 0 atom stereocenters. The van der Waals surface area contributed by atoms with Crippen LogP contribution in [0, 0.1) is 0 Å². The van der Waals surface area contributed by atoms with Gasteiger partial charge in [-0.3, -0.25) is 0 Å². The fourth-order valence-electron chi connectivity index (χ4n) is 0.105. The van der Waals surface area contributed by atoms with Crippen molar-refractivity contribution in [2.24, 2.45) is 0 Å². The first-order valence-electron chi connectivity index (χ1n) is 1.46. The summed E-state index contributed by atoms with van der Waals surface area (Å²) in [5.41, 5.74) is 0. The standard InChI is InChI=1S/C2H4O2.2O.Sb/c1-2(3)4;;;/h1H3,(H,3,4);;;/q;;;+1/p-1. The minimum absolute atomic E-state index is 0.756. The average molecular weight is 213 g/mol. The Hall–Kier alpha value is -0.112. The molecule has 0 rings (SSSR count). The van der Waals surface area contributed by atoms with Gasteiger partial charge in [0.05, 0.1) is 0 Å². The van der Waals surface area contributed by atoms with Crippen LogP contribution in [0.15, 0.2) is 0 Å². The molecule has 0 aliphatic rings. The Kier molecular flexibility index (Phi) is 2.92. The van der Waals surface area contributed by atoms with E-state index in [9.17, 15) is 10.8 Å². The third kappa shape index (κ3) is 5.89. The van der Waals surface area contributed by atoms with Crippen molar-refractivity contribution in [3.63, 3.8) is 0 Å². The SMILES string of the molecule is CC(=O)[O][Sb](=[O])=[O]. The minimum atomic E-state index is -3.93. The summed E-state index contributed by atoms with van der Waals surface area (Å²) in [5, 5.41) is 0. The zero-order valence-electron chi connectivity index (χ0n) is 3.58. The molecule has 0 saturated heterocycles. The maximum absolute atomic E-state index is 9.68. The van der Waals surface area contributed by atoms with Crippen LogP contribution in [0.5, 0.6) is 0 Å². The normalized spacial score (nSPS) is 7.57. The molecule has 40 valence electrons. The number of hydrogen-bond acceptors (Lipinski definition) is 4. The first kappa shape index (κ1) is 6.89. The van der Waals surface area contributed by atoms with E-state index in [1.54, 1.807) is 0 Å². The van der Waals surface area contributed by atoms with Gasteiger partial charge in [-0.1, -0.05) is 0 Å². The van der Waals surface area contributed by atoms with Gasteiger partial charge in [0.25, 0.3) is 0 Å². The van der Waals surface area contributed by atoms with E-state index in [-0.39, 0.29) is 0 Å². The summed E-state index contributed by atoms with van der Waals surface area (Å²) in [7, 11) is 0. The molecule has 0 saturated carbocycles. The zero-order chi connectivity index (χ0) is 5.86. The third-order valence-electron chi connectivity index (χ3n) is 0.203. The van der Waals surface area contributed by atoms with Crippen molar-refractivity contribution in [1.29, 1.82) is 0 Å². The summed E-state index contributed by atoms with van der Waals surface area (Å²) in [6.07, 6.45) is 0. The molecule has 0 radical (unpaired) electrons. The molecule has 0 aliphatic carbocycles. The molecule has 0 bridgehead atoms. The second kappa shape index (κ2) is 2.97. The first-order valence-corrected chi connectivity index (χ1v) is 4.58. The molecule has 0 aliphatic heterocycles. The quantitative estimate of drug-likeness (QED) is 0.545. The van der Waals surface area contributed by atoms with Crippen molar-refractivity contribution >= 4 is 26.6 Å². The van der Waals surface area contributed by atoms with E-state index in [0.717, 1.165) is 6.92 Å². The molecule has 0 spiro atoms. The Balaban J connectivity index is 3.53. The maximum atomic E-state index is 9.68. The predicted molar refractivity (Wildman–Crippen MR) is 18.9 cm³/mol. The van der Waals surface area contributed by atoms with Crippen molar-refractivity contribution in [1.82, 2.24) is 0 Å². The van der Waals surface area contributed by atoms with Crippen LogP contribution in [-0.4, -0.2) is 26.6 Å². The van der Waals surface area contributed by atoms with Gasteiger partial charge in [0.15, 0.2) is 0 Å². The van der Waals surface area contributed by atoms with Crippen LogP contribution in [0.1, 0.15) is 6.92 Å². The number of hydrogen-bond donors (Lipinski definition) is 0. The van der Waals surface area contributed by atoms with E-state index >= 15 is 0 Å². The van der Waals surface area contributed by atoms with E-state index in [2.05, 4.69) is 3.02 Å². The zero-order valence-corrected chi connectivity index (χ0v) is 6.13. The van der Waals surface area contributed by atoms with Crippen LogP contribution in [0.3, 0.4) is 0 Å². The van der Waals surface area contributed by atoms with Gasteiger partial charge in [-0.05, 0) is 0 Å². The van der Waals surface area contributed by atoms with Crippen LogP contribution >= 0.6 is 0 Å². The Morgan fingerprint density at radius 2 is 2.00 bits per heavy atom. The summed E-state index contributed by atoms with van der Waals surface area (Å²) in [6.45, 7) is 1.05. The number of rotatable bonds is 1. The molecule has 4 nitrogen and oxygen atoms in total. The molecule has 5 heteroatoms. The van der Waals surface area contributed by atoms with Gasteiger partial charge in [0, 0.05) is 0 Å². The third-order valence-corrected chi connectivity index (χ3v) is 1.36. The van der Waals surface area contributed by atoms with E-state index < -0.39 is 26.6 Å². The van der Waals surface area contributed by atoms with Gasteiger partial charge < -0.3 is 0 Å². The molecule has 0 heterocycles. The Morgan fingerprint density at radius 1 is 1.57 bits per heavy atom. The first-order chi connectivity index (χ1) is 3.13. The van der Waals surface area contributed by atoms with Crippen molar-refractivity contribution in [2.45, 2.75) is 6.92 Å². The second-order valence-corrected chi connectivity index (χ2v) is 2.60. The van der Waals surface area contributed by atoms with Crippen molar-refractivity contribution in [3.8, 4) is 0 Å². The van der Waals surface area contributed by atoms with Crippen LogP contribution in [0.2, 0.25) is 0 Å². The van der Waals surface area contributed by atoms with E-state index in [0.29, 0.717) is 0 Å². The molecule has 0 N–H and O–H groups in total. The summed E-state index contributed by atoms with van der Waals surface area (Å²) in [6, 6.07) is 0. The molecule has 0 aromatic heterocycles. The Morgan fingerprint density at radius 3 is 2.00 bits per heavy atom. The van der Waals surface area contributed by atoms with Gasteiger partial charge >= 0.3 is 47.3 Å². The number of carbonyl (C=O) groups is 1. The fourth-order valence-corrected chi connectivity index (χ4v) is 0.704. The molecular weight excluding hydrogens is 210 g/mol. The van der Waals surface area contributed by atoms with Crippen LogP contribution < -0.4 is 0 Å². The van der Waals surface area contributed by atoms with Crippen molar-refractivity contribution in [2.75, 3.05) is 0 Å². The summed E-state index contributed by atoms with van der Waals surface area (Å²) < 4.78 is 22.7. The number of carbonyl (C=O) groups excluding carboxylic acids is 1. The van der Waals surface area contributed by atoms with Gasteiger partial charge in [-0.15, -0.1) is 0 Å². The second-order valence-electron chi connectivity index (χ2n) is 0.806. The van der Waals surface area contributed by atoms with Crippen LogP contribution in [-0.2, 0) is 13.8 Å². The van der Waals surface area contributed by atoms with Crippen molar-refractivity contribution in [3.05, 3.63) is 0 Å². The molecule has 0 aromatic carbocycles.